The number of hydrogen-bond acceptors (Lipinski definition) is 1. The highest BCUT2D eigenvalue weighted by Gasteiger charge is 1.88. The van der Waals surface area contributed by atoms with Crippen LogP contribution in [0.25, 0.3) is 0 Å². The fourth-order valence-electron chi connectivity index (χ4n) is 0.712. The molecule has 0 aliphatic carbocycles. The van der Waals surface area contributed by atoms with Crippen molar-refractivity contribution in [1.29, 1.82) is 0 Å². The lowest BCUT2D eigenvalue weighted by Crippen LogP contribution is -1.85. The Morgan fingerprint density at radius 2 is 2.00 bits per heavy atom. The van der Waals surface area contributed by atoms with E-state index in [-0.39, 0.29) is 0 Å². The van der Waals surface area contributed by atoms with Crippen LogP contribution < -0.4 is 0 Å². The first-order valence-corrected chi connectivity index (χ1v) is 3.91. The Bertz CT molecular complexity index is 84.7. The van der Waals surface area contributed by atoms with Crippen molar-refractivity contribution in [2.45, 2.75) is 26.7 Å². The molecule has 0 aromatic heterocycles. The molecular formula is C9H18O. The monoisotopic (exact) mass is 142 g/mol. The van der Waals surface area contributed by atoms with Crippen LogP contribution >= 0.6 is 0 Å². The van der Waals surface area contributed by atoms with Gasteiger partial charge in [0.05, 0.1) is 6.61 Å². The van der Waals surface area contributed by atoms with E-state index in [0.29, 0.717) is 0 Å². The average Bonchev–Trinajstić information content (AvgIpc) is 1.87. The molecule has 0 heterocycles. The van der Waals surface area contributed by atoms with Crippen molar-refractivity contribution < 1.29 is 4.74 Å². The smallest absolute Gasteiger partial charge is 0.0643 e. The molecule has 1 nitrogen and oxygen atoms in total. The molecule has 0 spiro atoms. The molecule has 0 unspecified atom stereocenters. The van der Waals surface area contributed by atoms with Gasteiger partial charge in [-0.25, -0.2) is 0 Å². The Morgan fingerprint density at radius 3 is 2.50 bits per heavy atom. The van der Waals surface area contributed by atoms with Gasteiger partial charge in [-0.1, -0.05) is 26.0 Å². The van der Waals surface area contributed by atoms with E-state index in [4.69, 9.17) is 4.74 Å². The topological polar surface area (TPSA) is 9.23 Å². The summed E-state index contributed by atoms with van der Waals surface area (Å²) in [7, 11) is 1.72. The minimum absolute atomic E-state index is 0.748. The van der Waals surface area contributed by atoms with Crippen molar-refractivity contribution in [3.63, 3.8) is 0 Å². The average molecular weight is 142 g/mol. The lowest BCUT2D eigenvalue weighted by molar-refractivity contribution is 0.233. The van der Waals surface area contributed by atoms with Crippen LogP contribution in [0.15, 0.2) is 12.2 Å². The zero-order valence-corrected chi connectivity index (χ0v) is 7.26. The first-order chi connectivity index (χ1) is 4.77. The summed E-state index contributed by atoms with van der Waals surface area (Å²) in [5, 5.41) is 0. The van der Waals surface area contributed by atoms with E-state index in [1.807, 2.05) is 0 Å². The SMILES string of the molecule is COCC=CCCC(C)C. The number of allylic oxidation sites excluding steroid dienone is 1. The maximum absolute atomic E-state index is 4.86. The molecule has 0 radical (unpaired) electrons. The maximum atomic E-state index is 4.86. The largest absolute Gasteiger partial charge is 0.381 e. The number of hydrogen-bond donors (Lipinski definition) is 0. The van der Waals surface area contributed by atoms with Crippen molar-refractivity contribution in [1.82, 2.24) is 0 Å². The quantitative estimate of drug-likeness (QED) is 0.536. The highest BCUT2D eigenvalue weighted by atomic mass is 16.5. The Morgan fingerprint density at radius 1 is 1.30 bits per heavy atom. The first-order valence-electron chi connectivity index (χ1n) is 3.91. The highest BCUT2D eigenvalue weighted by molar-refractivity contribution is 4.81. The third kappa shape index (κ3) is 7.70. The predicted molar refractivity (Wildman–Crippen MR) is 45.1 cm³/mol. The van der Waals surface area contributed by atoms with Gasteiger partial charge in [0.15, 0.2) is 0 Å². The van der Waals surface area contributed by atoms with Crippen LogP contribution in [0.3, 0.4) is 0 Å². The molecule has 10 heavy (non-hydrogen) atoms. The van der Waals surface area contributed by atoms with Crippen molar-refractivity contribution >= 4 is 0 Å². The third-order valence-electron chi connectivity index (χ3n) is 1.34. The number of methoxy groups -OCH3 is 1. The van der Waals surface area contributed by atoms with Gasteiger partial charge in [0, 0.05) is 7.11 Å². The molecule has 0 saturated carbocycles. The lowest BCUT2D eigenvalue weighted by Gasteiger charge is -1.98. The summed E-state index contributed by atoms with van der Waals surface area (Å²) >= 11 is 0. The minimum Gasteiger partial charge on any atom is -0.381 e. The molecule has 1 heteroatoms. The van der Waals surface area contributed by atoms with E-state index >= 15 is 0 Å². The van der Waals surface area contributed by atoms with Crippen LogP contribution in [0, 0.1) is 5.92 Å². The molecule has 0 aromatic carbocycles. The second kappa shape index (κ2) is 6.81. The lowest BCUT2D eigenvalue weighted by atomic mass is 10.1. The molecular weight excluding hydrogens is 124 g/mol. The summed E-state index contributed by atoms with van der Waals surface area (Å²) in [6.45, 7) is 5.23. The predicted octanol–water partition coefficient (Wildman–Crippen LogP) is 2.63. The number of rotatable bonds is 5. The molecule has 0 bridgehead atoms. The van der Waals surface area contributed by atoms with Crippen molar-refractivity contribution in [3.8, 4) is 0 Å². The molecule has 0 aromatic rings. The van der Waals surface area contributed by atoms with Gasteiger partial charge in [0.1, 0.15) is 0 Å². The second-order valence-electron chi connectivity index (χ2n) is 2.90. The summed E-state index contributed by atoms with van der Waals surface area (Å²) in [6, 6.07) is 0. The van der Waals surface area contributed by atoms with Gasteiger partial charge in [0.2, 0.25) is 0 Å². The van der Waals surface area contributed by atoms with E-state index in [1.54, 1.807) is 7.11 Å². The molecule has 0 amide bonds. The van der Waals surface area contributed by atoms with Crippen molar-refractivity contribution in [2.24, 2.45) is 5.92 Å². The van der Waals surface area contributed by atoms with Crippen molar-refractivity contribution in [2.75, 3.05) is 13.7 Å². The van der Waals surface area contributed by atoms with E-state index in [0.717, 1.165) is 12.5 Å². The van der Waals surface area contributed by atoms with Crippen LogP contribution in [-0.2, 0) is 4.74 Å². The molecule has 0 atom stereocenters. The Balaban J connectivity index is 3.02. The first kappa shape index (κ1) is 9.70. The fourth-order valence-corrected chi connectivity index (χ4v) is 0.712. The van der Waals surface area contributed by atoms with Crippen LogP contribution in [-0.4, -0.2) is 13.7 Å². The standard InChI is InChI=1S/C9H18O/c1-9(2)7-5-4-6-8-10-3/h4,6,9H,5,7-8H2,1-3H3. The summed E-state index contributed by atoms with van der Waals surface area (Å²) in [4.78, 5) is 0. The summed E-state index contributed by atoms with van der Waals surface area (Å²) < 4.78 is 4.86. The molecule has 0 aliphatic rings. The van der Waals surface area contributed by atoms with E-state index in [9.17, 15) is 0 Å². The van der Waals surface area contributed by atoms with Gasteiger partial charge >= 0.3 is 0 Å². The fraction of sp³-hybridized carbons (Fsp3) is 0.778. The maximum Gasteiger partial charge on any atom is 0.0643 e. The van der Waals surface area contributed by atoms with E-state index in [1.165, 1.54) is 12.8 Å². The summed E-state index contributed by atoms with van der Waals surface area (Å²) in [6.07, 6.45) is 6.72. The normalized spacial score (nSPS) is 11.6. The van der Waals surface area contributed by atoms with Gasteiger partial charge < -0.3 is 4.74 Å². The Kier molecular flexibility index (Phi) is 6.61. The van der Waals surface area contributed by atoms with Crippen LogP contribution in [0.4, 0.5) is 0 Å². The zero-order chi connectivity index (χ0) is 7.82. The zero-order valence-electron chi connectivity index (χ0n) is 7.26. The number of ether oxygens (including phenoxy) is 1. The molecule has 0 aliphatic heterocycles. The highest BCUT2D eigenvalue weighted by Crippen LogP contribution is 2.03. The molecule has 0 fully saturated rings. The van der Waals surface area contributed by atoms with Gasteiger partial charge in [-0.05, 0) is 18.8 Å². The summed E-state index contributed by atoms with van der Waals surface area (Å²) in [5.74, 6) is 0.812. The van der Waals surface area contributed by atoms with Crippen molar-refractivity contribution in [3.05, 3.63) is 12.2 Å². The molecule has 60 valence electrons. The second-order valence-corrected chi connectivity index (χ2v) is 2.90. The summed E-state index contributed by atoms with van der Waals surface area (Å²) in [5.41, 5.74) is 0. The molecule has 0 rings (SSSR count). The molecule has 0 saturated heterocycles. The van der Waals surface area contributed by atoms with Gasteiger partial charge in [-0.3, -0.25) is 0 Å². The van der Waals surface area contributed by atoms with Crippen LogP contribution in [0.5, 0.6) is 0 Å². The third-order valence-corrected chi connectivity index (χ3v) is 1.34. The van der Waals surface area contributed by atoms with E-state index < -0.39 is 0 Å². The minimum atomic E-state index is 0.748. The van der Waals surface area contributed by atoms with Gasteiger partial charge in [-0.2, -0.15) is 0 Å². The Hall–Kier alpha value is -0.300. The molecule has 0 N–H and O–H groups in total. The van der Waals surface area contributed by atoms with Crippen LogP contribution in [0.2, 0.25) is 0 Å². The van der Waals surface area contributed by atoms with E-state index in [2.05, 4.69) is 26.0 Å². The van der Waals surface area contributed by atoms with Crippen LogP contribution in [0.1, 0.15) is 26.7 Å². The Labute approximate surface area is 64.1 Å². The van der Waals surface area contributed by atoms with Gasteiger partial charge in [-0.15, -0.1) is 0 Å². The van der Waals surface area contributed by atoms with Gasteiger partial charge in [0.25, 0.3) is 0 Å².